The zero-order valence-electron chi connectivity index (χ0n) is 15.4. The lowest BCUT2D eigenvalue weighted by atomic mass is 9.99. The molecule has 0 aliphatic carbocycles. The van der Waals surface area contributed by atoms with Crippen molar-refractivity contribution in [1.82, 2.24) is 5.32 Å². The number of unbranched alkanes of at least 4 members (excludes halogenated alkanes) is 9. The molecule has 2 nitrogen and oxygen atoms in total. The topological polar surface area (TPSA) is 29.1 Å². The van der Waals surface area contributed by atoms with E-state index in [1.807, 2.05) is 18.2 Å². The van der Waals surface area contributed by atoms with Crippen LogP contribution in [0.3, 0.4) is 0 Å². The van der Waals surface area contributed by atoms with E-state index in [1.54, 1.807) is 0 Å². The molecular weight excluding hydrogens is 294 g/mol. The molecule has 0 bridgehead atoms. The van der Waals surface area contributed by atoms with Crippen molar-refractivity contribution in [2.75, 3.05) is 0 Å². The third-order valence-corrected chi connectivity index (χ3v) is 4.55. The van der Waals surface area contributed by atoms with E-state index in [0.29, 0.717) is 0 Å². The van der Waals surface area contributed by atoms with Gasteiger partial charge in [-0.1, -0.05) is 108 Å². The van der Waals surface area contributed by atoms with Crippen molar-refractivity contribution in [3.05, 3.63) is 48.6 Å². The number of nitrogens with one attached hydrogen (secondary N) is 1. The molecule has 0 spiro atoms. The van der Waals surface area contributed by atoms with Gasteiger partial charge in [-0.3, -0.25) is 4.79 Å². The van der Waals surface area contributed by atoms with Crippen LogP contribution < -0.4 is 5.32 Å². The van der Waals surface area contributed by atoms with Crippen LogP contribution in [0.5, 0.6) is 0 Å². The van der Waals surface area contributed by atoms with Gasteiger partial charge in [0.1, 0.15) is 0 Å². The molecule has 1 atom stereocenters. The van der Waals surface area contributed by atoms with Gasteiger partial charge >= 0.3 is 0 Å². The lowest BCUT2D eigenvalue weighted by molar-refractivity contribution is -0.117. The van der Waals surface area contributed by atoms with E-state index in [1.165, 1.54) is 69.4 Å². The van der Waals surface area contributed by atoms with E-state index in [0.717, 1.165) is 12.8 Å². The Bertz CT molecular complexity index is 441. The van der Waals surface area contributed by atoms with Crippen molar-refractivity contribution in [1.29, 1.82) is 0 Å². The summed E-state index contributed by atoms with van der Waals surface area (Å²) >= 11 is 0. The minimum Gasteiger partial charge on any atom is -0.346 e. The van der Waals surface area contributed by atoms with Crippen molar-refractivity contribution < 1.29 is 4.79 Å². The molecule has 24 heavy (non-hydrogen) atoms. The van der Waals surface area contributed by atoms with Gasteiger partial charge in [-0.05, 0) is 18.1 Å². The molecule has 0 saturated carbocycles. The molecule has 1 amide bonds. The number of carbonyl (C=O) groups is 1. The molecule has 0 aliphatic heterocycles. The van der Waals surface area contributed by atoms with Crippen LogP contribution in [0.15, 0.2) is 43.0 Å². The average molecular weight is 330 g/mol. The van der Waals surface area contributed by atoms with Crippen LogP contribution in [0.2, 0.25) is 0 Å². The van der Waals surface area contributed by atoms with Crippen LogP contribution in [0, 0.1) is 0 Å². The SMILES string of the molecule is C=CC(=O)NC(CCCCCCCCCCCC)c1ccccc1. The van der Waals surface area contributed by atoms with Gasteiger partial charge in [-0.25, -0.2) is 0 Å². The summed E-state index contributed by atoms with van der Waals surface area (Å²) in [6.07, 6.45) is 15.7. The highest BCUT2D eigenvalue weighted by atomic mass is 16.1. The second-order valence-electron chi connectivity index (χ2n) is 6.65. The molecule has 134 valence electrons. The molecule has 0 aliphatic rings. The quantitative estimate of drug-likeness (QED) is 0.313. The number of rotatable bonds is 14. The highest BCUT2D eigenvalue weighted by molar-refractivity contribution is 5.87. The van der Waals surface area contributed by atoms with Gasteiger partial charge < -0.3 is 5.32 Å². The summed E-state index contributed by atoms with van der Waals surface area (Å²) in [6, 6.07) is 10.3. The standard InChI is InChI=1S/C22H35NO/c1-3-5-6-7-8-9-10-11-12-16-19-21(23-22(24)4-2)20-17-14-13-15-18-20/h4,13-15,17-18,21H,2-3,5-12,16,19H2,1H3,(H,23,24). The highest BCUT2D eigenvalue weighted by Crippen LogP contribution is 2.20. The second-order valence-corrected chi connectivity index (χ2v) is 6.65. The fourth-order valence-corrected chi connectivity index (χ4v) is 3.07. The summed E-state index contributed by atoms with van der Waals surface area (Å²) in [7, 11) is 0. The molecule has 0 radical (unpaired) electrons. The summed E-state index contributed by atoms with van der Waals surface area (Å²) in [5.74, 6) is -0.0871. The van der Waals surface area contributed by atoms with Crippen LogP contribution >= 0.6 is 0 Å². The maximum absolute atomic E-state index is 11.6. The Morgan fingerprint density at radius 1 is 0.958 bits per heavy atom. The van der Waals surface area contributed by atoms with E-state index in [9.17, 15) is 4.79 Å². The van der Waals surface area contributed by atoms with Crippen molar-refractivity contribution in [2.45, 2.75) is 83.6 Å². The Kier molecular flexibility index (Phi) is 11.8. The fraction of sp³-hybridized carbons (Fsp3) is 0.591. The van der Waals surface area contributed by atoms with Crippen LogP contribution in [0.25, 0.3) is 0 Å². The minimum absolute atomic E-state index is 0.0871. The third kappa shape index (κ3) is 9.54. The van der Waals surface area contributed by atoms with Gasteiger partial charge in [0.05, 0.1) is 6.04 Å². The predicted molar refractivity (Wildman–Crippen MR) is 104 cm³/mol. The molecule has 1 rings (SSSR count). The summed E-state index contributed by atoms with van der Waals surface area (Å²) in [5, 5.41) is 3.06. The van der Waals surface area contributed by atoms with Crippen molar-refractivity contribution in [3.8, 4) is 0 Å². The number of benzene rings is 1. The van der Waals surface area contributed by atoms with Crippen molar-refractivity contribution in [3.63, 3.8) is 0 Å². The molecule has 0 fully saturated rings. The number of amides is 1. The number of hydrogen-bond donors (Lipinski definition) is 1. The lowest BCUT2D eigenvalue weighted by Gasteiger charge is -2.18. The summed E-state index contributed by atoms with van der Waals surface area (Å²) in [6.45, 7) is 5.82. The maximum Gasteiger partial charge on any atom is 0.243 e. The monoisotopic (exact) mass is 329 g/mol. The first-order chi connectivity index (χ1) is 11.8. The van der Waals surface area contributed by atoms with Gasteiger partial charge in [0, 0.05) is 0 Å². The molecular formula is C22H35NO. The summed E-state index contributed by atoms with van der Waals surface area (Å²) in [4.78, 5) is 11.6. The molecule has 1 unspecified atom stereocenters. The number of hydrogen-bond acceptors (Lipinski definition) is 1. The summed E-state index contributed by atoms with van der Waals surface area (Å²) < 4.78 is 0. The first-order valence-electron chi connectivity index (χ1n) is 9.75. The molecule has 0 saturated heterocycles. The van der Waals surface area contributed by atoms with Crippen molar-refractivity contribution >= 4 is 5.91 Å². The lowest BCUT2D eigenvalue weighted by Crippen LogP contribution is -2.26. The van der Waals surface area contributed by atoms with E-state index in [4.69, 9.17) is 0 Å². The Hall–Kier alpha value is -1.57. The van der Waals surface area contributed by atoms with Gasteiger partial charge in [-0.2, -0.15) is 0 Å². The van der Waals surface area contributed by atoms with Crippen LogP contribution in [-0.2, 0) is 4.79 Å². The molecule has 2 heteroatoms. The molecule has 0 heterocycles. The zero-order chi connectivity index (χ0) is 17.5. The molecule has 1 N–H and O–H groups in total. The molecule has 1 aromatic rings. The second kappa shape index (κ2) is 13.8. The predicted octanol–water partition coefficient (Wildman–Crippen LogP) is 6.34. The third-order valence-electron chi connectivity index (χ3n) is 4.55. The van der Waals surface area contributed by atoms with Crippen LogP contribution in [0.4, 0.5) is 0 Å². The Morgan fingerprint density at radius 3 is 2.04 bits per heavy atom. The normalized spacial score (nSPS) is 11.9. The largest absolute Gasteiger partial charge is 0.346 e. The Morgan fingerprint density at radius 2 is 1.50 bits per heavy atom. The minimum atomic E-state index is -0.0871. The van der Waals surface area contributed by atoms with Crippen LogP contribution in [0.1, 0.15) is 89.2 Å². The van der Waals surface area contributed by atoms with Gasteiger partial charge in [0.2, 0.25) is 5.91 Å². The highest BCUT2D eigenvalue weighted by Gasteiger charge is 2.12. The first kappa shape index (κ1) is 20.5. The van der Waals surface area contributed by atoms with E-state index in [-0.39, 0.29) is 11.9 Å². The van der Waals surface area contributed by atoms with E-state index in [2.05, 4.69) is 31.0 Å². The van der Waals surface area contributed by atoms with Crippen molar-refractivity contribution in [2.24, 2.45) is 0 Å². The number of carbonyl (C=O) groups excluding carboxylic acids is 1. The van der Waals surface area contributed by atoms with E-state index >= 15 is 0 Å². The van der Waals surface area contributed by atoms with Crippen LogP contribution in [-0.4, -0.2) is 5.91 Å². The smallest absolute Gasteiger partial charge is 0.243 e. The molecule has 0 aromatic heterocycles. The maximum atomic E-state index is 11.6. The van der Waals surface area contributed by atoms with Gasteiger partial charge in [0.15, 0.2) is 0 Å². The fourth-order valence-electron chi connectivity index (χ4n) is 3.07. The average Bonchev–Trinajstić information content (AvgIpc) is 2.62. The van der Waals surface area contributed by atoms with E-state index < -0.39 is 0 Å². The summed E-state index contributed by atoms with van der Waals surface area (Å²) in [5.41, 5.74) is 1.18. The molecule has 1 aromatic carbocycles. The Balaban J connectivity index is 2.19. The Labute approximate surface area is 148 Å². The van der Waals surface area contributed by atoms with Gasteiger partial charge in [-0.15, -0.1) is 0 Å². The van der Waals surface area contributed by atoms with Gasteiger partial charge in [0.25, 0.3) is 0 Å². The first-order valence-corrected chi connectivity index (χ1v) is 9.75. The zero-order valence-corrected chi connectivity index (χ0v) is 15.4.